The van der Waals surface area contributed by atoms with Crippen molar-refractivity contribution in [2.45, 2.75) is 36.6 Å². The predicted molar refractivity (Wildman–Crippen MR) is 139 cm³/mol. The second kappa shape index (κ2) is 11.0. The molecule has 0 amide bonds. The molecule has 2 aliphatic rings. The standard InChI is InChI=1S/C28H28O14/c1-38-24-18(33)5-13(6-19(24)34)26(36)41-22-9-15-20(40-23(22)12-2-3-16(31)17(32)4-12)7-14(30)8-21(15)42-27-25(35)28(37,10-29)11-39-27/h2-8,22-23,25,27,29-35,37H,9-11H2,1H3/t22-,23+,25?,27?,28?/m0/s1. The number of carbonyl (C=O) groups is 1. The summed E-state index contributed by atoms with van der Waals surface area (Å²) in [4.78, 5) is 13.2. The molecule has 5 rings (SSSR count). The first-order valence-electron chi connectivity index (χ1n) is 12.6. The van der Waals surface area contributed by atoms with Gasteiger partial charge in [0.15, 0.2) is 29.1 Å². The lowest BCUT2D eigenvalue weighted by Crippen LogP contribution is -2.48. The van der Waals surface area contributed by atoms with Crippen molar-refractivity contribution in [3.8, 4) is 46.0 Å². The van der Waals surface area contributed by atoms with Gasteiger partial charge in [-0.2, -0.15) is 0 Å². The Labute approximate surface area is 237 Å². The predicted octanol–water partition coefficient (Wildman–Crippen LogP) is 0.944. The highest BCUT2D eigenvalue weighted by molar-refractivity contribution is 5.91. The third-order valence-corrected chi connectivity index (χ3v) is 7.05. The number of fused-ring (bicyclic) bond motifs is 1. The van der Waals surface area contributed by atoms with Gasteiger partial charge in [-0.15, -0.1) is 0 Å². The van der Waals surface area contributed by atoms with Crippen molar-refractivity contribution >= 4 is 5.97 Å². The van der Waals surface area contributed by atoms with E-state index in [-0.39, 0.29) is 46.1 Å². The van der Waals surface area contributed by atoms with Crippen LogP contribution in [-0.2, 0) is 15.9 Å². The third kappa shape index (κ3) is 5.23. The van der Waals surface area contributed by atoms with E-state index >= 15 is 0 Å². The quantitative estimate of drug-likeness (QED) is 0.142. The average Bonchev–Trinajstić information content (AvgIpc) is 3.23. The van der Waals surface area contributed by atoms with Crippen LogP contribution in [0.5, 0.6) is 46.0 Å². The molecule has 2 heterocycles. The normalized spacial score (nSPS) is 24.9. The SMILES string of the molecule is COc1c(O)cc(C(=O)O[C@H]2Cc3c(OC4OCC(O)(CO)C4O)cc(O)cc3O[C@@H]2c2ccc(O)c(O)c2)cc1O. The molecule has 5 atom stereocenters. The zero-order valence-corrected chi connectivity index (χ0v) is 22.0. The van der Waals surface area contributed by atoms with Gasteiger partial charge in [0, 0.05) is 29.7 Å². The van der Waals surface area contributed by atoms with Crippen molar-refractivity contribution in [2.75, 3.05) is 20.3 Å². The van der Waals surface area contributed by atoms with Crippen LogP contribution in [-0.4, -0.2) is 91.2 Å². The van der Waals surface area contributed by atoms with Crippen molar-refractivity contribution in [2.24, 2.45) is 0 Å². The summed E-state index contributed by atoms with van der Waals surface area (Å²) in [6.45, 7) is -1.23. The Bertz CT molecular complexity index is 1480. The van der Waals surface area contributed by atoms with E-state index in [2.05, 4.69) is 0 Å². The van der Waals surface area contributed by atoms with Gasteiger partial charge >= 0.3 is 5.97 Å². The van der Waals surface area contributed by atoms with Gasteiger partial charge < -0.3 is 64.5 Å². The second-order valence-electron chi connectivity index (χ2n) is 9.91. The van der Waals surface area contributed by atoms with E-state index in [9.17, 15) is 45.6 Å². The lowest BCUT2D eigenvalue weighted by atomic mass is 9.93. The molecule has 0 bridgehead atoms. The van der Waals surface area contributed by atoms with Crippen LogP contribution in [0.15, 0.2) is 42.5 Å². The summed E-state index contributed by atoms with van der Waals surface area (Å²) in [5.41, 5.74) is -1.66. The van der Waals surface area contributed by atoms with E-state index in [1.165, 1.54) is 37.4 Å². The summed E-state index contributed by atoms with van der Waals surface area (Å²) < 4.78 is 27.8. The van der Waals surface area contributed by atoms with Crippen LogP contribution in [0.2, 0.25) is 0 Å². The zero-order chi connectivity index (χ0) is 30.3. The maximum absolute atomic E-state index is 13.2. The van der Waals surface area contributed by atoms with Crippen molar-refractivity contribution in [3.05, 3.63) is 59.2 Å². The van der Waals surface area contributed by atoms with E-state index in [4.69, 9.17) is 23.7 Å². The fourth-order valence-electron chi connectivity index (χ4n) is 4.79. The maximum atomic E-state index is 13.2. The van der Waals surface area contributed by atoms with Gasteiger partial charge in [0.25, 0.3) is 0 Å². The lowest BCUT2D eigenvalue weighted by molar-refractivity contribution is -0.116. The van der Waals surface area contributed by atoms with Crippen LogP contribution < -0.4 is 14.2 Å². The van der Waals surface area contributed by atoms with Gasteiger partial charge in [-0.1, -0.05) is 6.07 Å². The number of carbonyl (C=O) groups excluding carboxylic acids is 1. The first kappa shape index (κ1) is 28.9. The number of aliphatic hydroxyl groups is 3. The van der Waals surface area contributed by atoms with Crippen LogP contribution in [0, 0.1) is 0 Å². The lowest BCUT2D eigenvalue weighted by Gasteiger charge is -2.35. The molecule has 0 aromatic heterocycles. The van der Waals surface area contributed by atoms with Crippen LogP contribution in [0.4, 0.5) is 0 Å². The number of hydrogen-bond acceptors (Lipinski definition) is 14. The highest BCUT2D eigenvalue weighted by atomic mass is 16.7. The summed E-state index contributed by atoms with van der Waals surface area (Å²) >= 11 is 0. The summed E-state index contributed by atoms with van der Waals surface area (Å²) in [5.74, 6) is -3.40. The molecular weight excluding hydrogens is 560 g/mol. The third-order valence-electron chi connectivity index (χ3n) is 7.05. The van der Waals surface area contributed by atoms with Gasteiger partial charge in [-0.3, -0.25) is 0 Å². The van der Waals surface area contributed by atoms with E-state index in [1.807, 2.05) is 0 Å². The van der Waals surface area contributed by atoms with Gasteiger partial charge in [-0.05, 0) is 24.3 Å². The summed E-state index contributed by atoms with van der Waals surface area (Å²) in [7, 11) is 1.22. The van der Waals surface area contributed by atoms with Crippen molar-refractivity contribution in [3.63, 3.8) is 0 Å². The molecule has 1 fully saturated rings. The Morgan fingerprint density at radius 1 is 1.00 bits per heavy atom. The average molecular weight is 589 g/mol. The summed E-state index contributed by atoms with van der Waals surface area (Å²) in [6, 6.07) is 8.37. The number of rotatable bonds is 7. The maximum Gasteiger partial charge on any atom is 0.338 e. The largest absolute Gasteiger partial charge is 0.508 e. The molecule has 8 N–H and O–H groups in total. The van der Waals surface area contributed by atoms with Crippen LogP contribution >= 0.6 is 0 Å². The Balaban J connectivity index is 1.51. The Morgan fingerprint density at radius 2 is 1.71 bits per heavy atom. The molecule has 3 unspecified atom stereocenters. The van der Waals surface area contributed by atoms with Gasteiger partial charge in [0.2, 0.25) is 12.0 Å². The molecule has 14 heteroatoms. The minimum absolute atomic E-state index is 0.0518. The highest BCUT2D eigenvalue weighted by Crippen LogP contribution is 2.45. The number of ether oxygens (including phenoxy) is 5. The van der Waals surface area contributed by atoms with Crippen molar-refractivity contribution in [1.29, 1.82) is 0 Å². The monoisotopic (exact) mass is 588 g/mol. The number of aromatic hydroxyl groups is 5. The molecular formula is C28H28O14. The number of aliphatic hydroxyl groups excluding tert-OH is 2. The summed E-state index contributed by atoms with van der Waals surface area (Å²) in [6.07, 6.45) is -5.47. The van der Waals surface area contributed by atoms with E-state index in [0.29, 0.717) is 0 Å². The molecule has 0 aliphatic carbocycles. The molecule has 42 heavy (non-hydrogen) atoms. The molecule has 0 radical (unpaired) electrons. The molecule has 2 aliphatic heterocycles. The molecule has 0 saturated carbocycles. The minimum Gasteiger partial charge on any atom is -0.508 e. The Hall–Kier alpha value is -4.63. The topological polar surface area (TPSA) is 225 Å². The van der Waals surface area contributed by atoms with Crippen LogP contribution in [0.1, 0.15) is 27.6 Å². The van der Waals surface area contributed by atoms with Gasteiger partial charge in [0.05, 0.1) is 25.9 Å². The van der Waals surface area contributed by atoms with Crippen LogP contribution in [0.25, 0.3) is 0 Å². The Kier molecular flexibility index (Phi) is 7.55. The van der Waals surface area contributed by atoms with Crippen molar-refractivity contribution in [1.82, 2.24) is 0 Å². The van der Waals surface area contributed by atoms with E-state index < -0.39 is 72.4 Å². The van der Waals surface area contributed by atoms with Crippen LogP contribution in [0.3, 0.4) is 0 Å². The van der Waals surface area contributed by atoms with E-state index in [0.717, 1.165) is 12.1 Å². The van der Waals surface area contributed by atoms with Crippen molar-refractivity contribution < 1.29 is 69.3 Å². The fourth-order valence-corrected chi connectivity index (χ4v) is 4.79. The minimum atomic E-state index is -1.97. The highest BCUT2D eigenvalue weighted by Gasteiger charge is 2.49. The number of methoxy groups -OCH3 is 1. The number of benzene rings is 3. The van der Waals surface area contributed by atoms with E-state index in [1.54, 1.807) is 0 Å². The molecule has 1 saturated heterocycles. The van der Waals surface area contributed by atoms with Gasteiger partial charge in [-0.25, -0.2) is 4.79 Å². The molecule has 224 valence electrons. The number of phenolic OH excluding ortho intramolecular Hbond substituents is 5. The first-order chi connectivity index (χ1) is 19.9. The summed E-state index contributed by atoms with van der Waals surface area (Å²) in [5, 5.41) is 80.8. The van der Waals surface area contributed by atoms with Gasteiger partial charge in [0.1, 0.15) is 35.1 Å². The molecule has 0 spiro atoms. The number of hydrogen-bond donors (Lipinski definition) is 8. The number of esters is 1. The fraction of sp³-hybridized carbons (Fsp3) is 0.321. The molecule has 3 aromatic rings. The smallest absolute Gasteiger partial charge is 0.338 e. The first-order valence-corrected chi connectivity index (χ1v) is 12.6. The zero-order valence-electron chi connectivity index (χ0n) is 22.0. The second-order valence-corrected chi connectivity index (χ2v) is 9.91. The molecule has 3 aromatic carbocycles. The number of phenols is 5. The Morgan fingerprint density at radius 3 is 2.33 bits per heavy atom. The molecule has 14 nitrogen and oxygen atoms in total.